The van der Waals surface area contributed by atoms with Crippen LogP contribution in [-0.2, 0) is 9.59 Å². The van der Waals surface area contributed by atoms with Gasteiger partial charge in [-0.3, -0.25) is 19.7 Å². The highest BCUT2D eigenvalue weighted by molar-refractivity contribution is 6.08. The third-order valence-corrected chi connectivity index (χ3v) is 2.71. The van der Waals surface area contributed by atoms with Gasteiger partial charge in [0.25, 0.3) is 5.91 Å². The zero-order chi connectivity index (χ0) is 14.4. The molecule has 2 aromatic carbocycles. The lowest BCUT2D eigenvalue weighted by molar-refractivity contribution is -0.133. The molecular formula is C15H14N2O3. The normalized spacial score (nSPS) is 9.85. The van der Waals surface area contributed by atoms with Crippen molar-refractivity contribution >= 4 is 23.2 Å². The molecule has 0 spiro atoms. The van der Waals surface area contributed by atoms with Crippen LogP contribution in [0.25, 0.3) is 0 Å². The predicted octanol–water partition coefficient (Wildman–Crippen LogP) is 2.25. The lowest BCUT2D eigenvalue weighted by Crippen LogP contribution is -2.31. The van der Waals surface area contributed by atoms with Crippen LogP contribution in [0.5, 0.6) is 0 Å². The van der Waals surface area contributed by atoms with E-state index in [-0.39, 0.29) is 0 Å². The van der Waals surface area contributed by atoms with Crippen LogP contribution in [0.3, 0.4) is 0 Å². The van der Waals surface area contributed by atoms with Gasteiger partial charge in [-0.25, -0.2) is 5.48 Å². The number of carbonyl (C=O) groups is 2. The molecule has 0 fully saturated rings. The number of hydrogen-bond acceptors (Lipinski definition) is 3. The molecule has 0 aromatic heterocycles. The molecule has 2 N–H and O–H groups in total. The molecule has 0 aliphatic carbocycles. The molecule has 0 bridgehead atoms. The second kappa shape index (κ2) is 6.49. The number of hydrogen-bond donors (Lipinski definition) is 2. The molecule has 2 rings (SSSR count). The van der Waals surface area contributed by atoms with Gasteiger partial charge < -0.3 is 0 Å². The Morgan fingerprint density at radius 2 is 1.35 bits per heavy atom. The second-order valence-corrected chi connectivity index (χ2v) is 4.11. The lowest BCUT2D eigenvalue weighted by atomic mass is 10.2. The van der Waals surface area contributed by atoms with Crippen LogP contribution in [0.4, 0.5) is 11.4 Å². The fraction of sp³-hybridized carbons (Fsp3) is 0.0667. The maximum absolute atomic E-state index is 12.3. The van der Waals surface area contributed by atoms with Crippen LogP contribution in [0, 0.1) is 0 Å². The summed E-state index contributed by atoms with van der Waals surface area (Å²) in [4.78, 5) is 24.9. The number of benzene rings is 2. The largest absolute Gasteiger partial charge is 0.289 e. The minimum Gasteiger partial charge on any atom is -0.289 e. The SMILES string of the molecule is O=C(CC(=O)N(c1ccccc1)c1ccccc1)NO. The van der Waals surface area contributed by atoms with Crippen molar-refractivity contribution in [3.8, 4) is 0 Å². The standard InChI is InChI=1S/C15H14N2O3/c18-14(16-20)11-15(19)17(12-7-3-1-4-8-12)13-9-5-2-6-10-13/h1-10,20H,11H2,(H,16,18). The third kappa shape index (κ3) is 3.21. The van der Waals surface area contributed by atoms with E-state index in [1.165, 1.54) is 10.4 Å². The molecule has 102 valence electrons. The average Bonchev–Trinajstić information content (AvgIpc) is 2.49. The van der Waals surface area contributed by atoms with Crippen molar-refractivity contribution in [2.75, 3.05) is 4.90 Å². The average molecular weight is 270 g/mol. The van der Waals surface area contributed by atoms with Crippen LogP contribution < -0.4 is 10.4 Å². The minimum absolute atomic E-state index is 0.422. The predicted molar refractivity (Wildman–Crippen MR) is 74.6 cm³/mol. The first-order valence-corrected chi connectivity index (χ1v) is 6.08. The summed E-state index contributed by atoms with van der Waals surface area (Å²) in [5.74, 6) is -1.17. The molecule has 0 saturated heterocycles. The van der Waals surface area contributed by atoms with E-state index in [1.54, 1.807) is 24.3 Å². The van der Waals surface area contributed by atoms with Gasteiger partial charge in [0.2, 0.25) is 5.91 Å². The zero-order valence-electron chi connectivity index (χ0n) is 10.7. The van der Waals surface area contributed by atoms with Crippen molar-refractivity contribution in [2.24, 2.45) is 0 Å². The summed E-state index contributed by atoms with van der Waals surface area (Å²) in [6.07, 6.45) is -0.430. The summed E-state index contributed by atoms with van der Waals surface area (Å²) in [5.41, 5.74) is 2.79. The maximum Gasteiger partial charge on any atom is 0.252 e. The first-order valence-electron chi connectivity index (χ1n) is 6.08. The molecule has 2 amide bonds. The lowest BCUT2D eigenvalue weighted by Gasteiger charge is -2.22. The van der Waals surface area contributed by atoms with E-state index >= 15 is 0 Å². The fourth-order valence-corrected chi connectivity index (χ4v) is 1.85. The minimum atomic E-state index is -0.744. The summed E-state index contributed by atoms with van der Waals surface area (Å²) < 4.78 is 0. The maximum atomic E-state index is 12.3. The van der Waals surface area contributed by atoms with Gasteiger partial charge in [-0.2, -0.15) is 0 Å². The number of nitrogens with zero attached hydrogens (tertiary/aromatic N) is 1. The van der Waals surface area contributed by atoms with E-state index in [1.807, 2.05) is 36.4 Å². The molecular weight excluding hydrogens is 256 g/mol. The first-order chi connectivity index (χ1) is 9.72. The highest BCUT2D eigenvalue weighted by atomic mass is 16.5. The Morgan fingerprint density at radius 1 is 0.900 bits per heavy atom. The van der Waals surface area contributed by atoms with Crippen LogP contribution in [0.2, 0.25) is 0 Å². The van der Waals surface area contributed by atoms with Crippen molar-refractivity contribution in [1.29, 1.82) is 0 Å². The van der Waals surface area contributed by atoms with Crippen LogP contribution in [0.15, 0.2) is 60.7 Å². The van der Waals surface area contributed by atoms with Crippen molar-refractivity contribution in [2.45, 2.75) is 6.42 Å². The molecule has 0 aliphatic heterocycles. The number of hydroxylamine groups is 1. The van der Waals surface area contributed by atoms with E-state index < -0.39 is 18.2 Å². The van der Waals surface area contributed by atoms with Crippen molar-refractivity contribution in [3.05, 3.63) is 60.7 Å². The molecule has 2 aromatic rings. The van der Waals surface area contributed by atoms with Gasteiger partial charge in [0, 0.05) is 11.4 Å². The molecule has 0 radical (unpaired) electrons. The van der Waals surface area contributed by atoms with Gasteiger partial charge in [0.15, 0.2) is 0 Å². The molecule has 0 saturated carbocycles. The summed E-state index contributed by atoms with van der Waals surface area (Å²) in [6.45, 7) is 0. The quantitative estimate of drug-likeness (QED) is 0.508. The number of para-hydroxylation sites is 2. The Bertz CT molecular complexity index is 545. The van der Waals surface area contributed by atoms with Crippen LogP contribution >= 0.6 is 0 Å². The molecule has 0 atom stereocenters. The Morgan fingerprint density at radius 3 is 1.75 bits per heavy atom. The summed E-state index contributed by atoms with van der Waals surface area (Å²) in [7, 11) is 0. The van der Waals surface area contributed by atoms with E-state index in [4.69, 9.17) is 5.21 Å². The molecule has 0 unspecified atom stereocenters. The van der Waals surface area contributed by atoms with Gasteiger partial charge >= 0.3 is 0 Å². The van der Waals surface area contributed by atoms with E-state index in [0.717, 1.165) is 0 Å². The van der Waals surface area contributed by atoms with Crippen molar-refractivity contribution < 1.29 is 14.8 Å². The highest BCUT2D eigenvalue weighted by Gasteiger charge is 2.20. The molecule has 0 heterocycles. The summed E-state index contributed by atoms with van der Waals surface area (Å²) in [6, 6.07) is 18.0. The van der Waals surface area contributed by atoms with Crippen molar-refractivity contribution in [3.63, 3.8) is 0 Å². The number of rotatable bonds is 4. The summed E-state index contributed by atoms with van der Waals surface area (Å²) in [5, 5.41) is 8.54. The highest BCUT2D eigenvalue weighted by Crippen LogP contribution is 2.25. The molecule has 5 heteroatoms. The summed E-state index contributed by atoms with van der Waals surface area (Å²) >= 11 is 0. The van der Waals surface area contributed by atoms with Gasteiger partial charge in [0.1, 0.15) is 6.42 Å². The number of nitrogens with one attached hydrogen (secondary N) is 1. The van der Waals surface area contributed by atoms with E-state index in [9.17, 15) is 9.59 Å². The smallest absolute Gasteiger partial charge is 0.252 e. The Labute approximate surface area is 116 Å². The second-order valence-electron chi connectivity index (χ2n) is 4.11. The molecule has 20 heavy (non-hydrogen) atoms. The molecule has 5 nitrogen and oxygen atoms in total. The van der Waals surface area contributed by atoms with E-state index in [2.05, 4.69) is 0 Å². The van der Waals surface area contributed by atoms with Gasteiger partial charge in [-0.05, 0) is 24.3 Å². The van der Waals surface area contributed by atoms with E-state index in [0.29, 0.717) is 11.4 Å². The molecule has 0 aliphatic rings. The number of amides is 2. The Hall–Kier alpha value is -2.66. The van der Waals surface area contributed by atoms with Crippen LogP contribution in [-0.4, -0.2) is 17.0 Å². The number of anilines is 2. The Balaban J connectivity index is 2.35. The first kappa shape index (κ1) is 13.8. The topological polar surface area (TPSA) is 69.6 Å². The van der Waals surface area contributed by atoms with Crippen LogP contribution in [0.1, 0.15) is 6.42 Å². The van der Waals surface area contributed by atoms with Gasteiger partial charge in [0.05, 0.1) is 0 Å². The fourth-order valence-electron chi connectivity index (χ4n) is 1.85. The van der Waals surface area contributed by atoms with Gasteiger partial charge in [-0.1, -0.05) is 36.4 Å². The Kier molecular flexibility index (Phi) is 4.47. The van der Waals surface area contributed by atoms with Crippen molar-refractivity contribution in [1.82, 2.24) is 5.48 Å². The zero-order valence-corrected chi connectivity index (χ0v) is 10.7. The third-order valence-electron chi connectivity index (χ3n) is 2.71. The monoisotopic (exact) mass is 270 g/mol. The number of carbonyl (C=O) groups excluding carboxylic acids is 2. The van der Waals surface area contributed by atoms with Gasteiger partial charge in [-0.15, -0.1) is 0 Å².